The number of likely N-dealkylation sites (tertiary alicyclic amines) is 1. The third-order valence-corrected chi connectivity index (χ3v) is 3.82. The van der Waals surface area contributed by atoms with Crippen LogP contribution in [0.3, 0.4) is 0 Å². The maximum absolute atomic E-state index is 12.4. The van der Waals surface area contributed by atoms with E-state index in [1.54, 1.807) is 4.90 Å². The Kier molecular flexibility index (Phi) is 4.45. The molecular formula is C12H13Cl2N3O3. The predicted molar refractivity (Wildman–Crippen MR) is 72.6 cm³/mol. The number of esters is 1. The molecule has 20 heavy (non-hydrogen) atoms. The van der Waals surface area contributed by atoms with E-state index in [0.29, 0.717) is 13.1 Å². The SMILES string of the molecule is COC(=O)C1CN(C(=O)c2cc(Cl)nnc2Cl)CC1C. The zero-order chi connectivity index (χ0) is 14.9. The molecule has 0 radical (unpaired) electrons. The van der Waals surface area contributed by atoms with Crippen molar-refractivity contribution in [1.82, 2.24) is 15.1 Å². The molecule has 1 amide bonds. The van der Waals surface area contributed by atoms with E-state index in [-0.39, 0.29) is 39.6 Å². The van der Waals surface area contributed by atoms with Crippen molar-refractivity contribution in [3.8, 4) is 0 Å². The second kappa shape index (κ2) is 5.93. The second-order valence-electron chi connectivity index (χ2n) is 4.69. The Labute approximate surface area is 126 Å². The summed E-state index contributed by atoms with van der Waals surface area (Å²) in [5.74, 6) is -0.932. The second-order valence-corrected chi connectivity index (χ2v) is 5.43. The van der Waals surface area contributed by atoms with Gasteiger partial charge in [-0.05, 0) is 12.0 Å². The van der Waals surface area contributed by atoms with Crippen molar-refractivity contribution in [2.75, 3.05) is 20.2 Å². The molecule has 2 rings (SSSR count). The molecule has 0 aliphatic carbocycles. The molecule has 1 fully saturated rings. The molecule has 108 valence electrons. The molecule has 6 nitrogen and oxygen atoms in total. The minimum absolute atomic E-state index is 0.00595. The lowest BCUT2D eigenvalue weighted by Gasteiger charge is -2.16. The van der Waals surface area contributed by atoms with Crippen LogP contribution in [0.15, 0.2) is 6.07 Å². The lowest BCUT2D eigenvalue weighted by atomic mass is 9.99. The van der Waals surface area contributed by atoms with Crippen LogP contribution >= 0.6 is 23.2 Å². The Bertz CT molecular complexity index is 553. The average Bonchev–Trinajstić information content (AvgIpc) is 2.82. The third-order valence-electron chi connectivity index (χ3n) is 3.35. The first kappa shape index (κ1) is 15.0. The van der Waals surface area contributed by atoms with Gasteiger partial charge < -0.3 is 9.64 Å². The quantitative estimate of drug-likeness (QED) is 0.776. The standard InChI is InChI=1S/C12H13Cl2N3O3/c1-6-4-17(5-8(6)12(19)20-2)11(18)7-3-9(13)15-16-10(7)14/h3,6,8H,4-5H2,1-2H3. The molecule has 1 saturated heterocycles. The van der Waals surface area contributed by atoms with Gasteiger partial charge in [0.2, 0.25) is 0 Å². The van der Waals surface area contributed by atoms with Crippen LogP contribution in [0.25, 0.3) is 0 Å². The van der Waals surface area contributed by atoms with Gasteiger partial charge in [0.05, 0.1) is 18.6 Å². The van der Waals surface area contributed by atoms with Gasteiger partial charge in [0, 0.05) is 13.1 Å². The Balaban J connectivity index is 2.19. The lowest BCUT2D eigenvalue weighted by molar-refractivity contribution is -0.146. The Morgan fingerprint density at radius 3 is 2.70 bits per heavy atom. The number of hydrogen-bond donors (Lipinski definition) is 0. The van der Waals surface area contributed by atoms with Crippen molar-refractivity contribution in [3.05, 3.63) is 21.9 Å². The van der Waals surface area contributed by atoms with Gasteiger partial charge in [-0.1, -0.05) is 30.1 Å². The molecule has 1 aromatic heterocycles. The molecule has 2 heterocycles. The smallest absolute Gasteiger partial charge is 0.310 e. The first-order valence-electron chi connectivity index (χ1n) is 6.00. The number of amides is 1. The first-order valence-corrected chi connectivity index (χ1v) is 6.75. The number of nitrogens with zero attached hydrogens (tertiary/aromatic N) is 3. The number of hydrogen-bond acceptors (Lipinski definition) is 5. The summed E-state index contributed by atoms with van der Waals surface area (Å²) in [6, 6.07) is 1.37. The highest BCUT2D eigenvalue weighted by Gasteiger charge is 2.38. The molecule has 0 N–H and O–H groups in total. The summed E-state index contributed by atoms with van der Waals surface area (Å²) in [7, 11) is 1.34. The van der Waals surface area contributed by atoms with Crippen molar-refractivity contribution in [2.24, 2.45) is 11.8 Å². The normalized spacial score (nSPS) is 21.9. The summed E-state index contributed by atoms with van der Waals surface area (Å²) in [4.78, 5) is 25.6. The largest absolute Gasteiger partial charge is 0.469 e. The van der Waals surface area contributed by atoms with Crippen molar-refractivity contribution in [1.29, 1.82) is 0 Å². The molecule has 0 aromatic carbocycles. The first-order chi connectivity index (χ1) is 9.43. The summed E-state index contributed by atoms with van der Waals surface area (Å²) < 4.78 is 4.73. The molecule has 1 aliphatic heterocycles. The van der Waals surface area contributed by atoms with E-state index in [1.807, 2.05) is 6.92 Å². The number of aromatic nitrogens is 2. The maximum atomic E-state index is 12.4. The zero-order valence-electron chi connectivity index (χ0n) is 11.0. The molecule has 8 heteroatoms. The number of rotatable bonds is 2. The number of carbonyl (C=O) groups excluding carboxylic acids is 2. The summed E-state index contributed by atoms with van der Waals surface area (Å²) in [6.45, 7) is 2.64. The summed E-state index contributed by atoms with van der Waals surface area (Å²) >= 11 is 11.6. The Morgan fingerprint density at radius 2 is 2.05 bits per heavy atom. The van der Waals surface area contributed by atoms with Crippen molar-refractivity contribution in [3.63, 3.8) is 0 Å². The van der Waals surface area contributed by atoms with E-state index < -0.39 is 0 Å². The van der Waals surface area contributed by atoms with Gasteiger partial charge >= 0.3 is 5.97 Å². The van der Waals surface area contributed by atoms with Crippen LogP contribution in [0.2, 0.25) is 10.3 Å². The Hall–Kier alpha value is -1.40. The van der Waals surface area contributed by atoms with Gasteiger partial charge in [0.25, 0.3) is 5.91 Å². The van der Waals surface area contributed by atoms with Gasteiger partial charge in [0.15, 0.2) is 10.3 Å². The van der Waals surface area contributed by atoms with Crippen molar-refractivity contribution in [2.45, 2.75) is 6.92 Å². The van der Waals surface area contributed by atoms with Gasteiger partial charge in [-0.3, -0.25) is 9.59 Å². The van der Waals surface area contributed by atoms with Gasteiger partial charge in [-0.25, -0.2) is 0 Å². The zero-order valence-corrected chi connectivity index (χ0v) is 12.5. The van der Waals surface area contributed by atoms with Crippen LogP contribution in [0.1, 0.15) is 17.3 Å². The van der Waals surface area contributed by atoms with Crippen LogP contribution in [-0.4, -0.2) is 47.2 Å². The molecule has 0 saturated carbocycles. The highest BCUT2D eigenvalue weighted by Crippen LogP contribution is 2.27. The summed E-state index contributed by atoms with van der Waals surface area (Å²) in [5, 5.41) is 7.25. The Morgan fingerprint density at radius 1 is 1.35 bits per heavy atom. The molecular weight excluding hydrogens is 305 g/mol. The number of methoxy groups -OCH3 is 1. The highest BCUT2D eigenvalue weighted by atomic mass is 35.5. The monoisotopic (exact) mass is 317 g/mol. The summed E-state index contributed by atoms with van der Waals surface area (Å²) in [6.07, 6.45) is 0. The van der Waals surface area contributed by atoms with Crippen LogP contribution in [0.4, 0.5) is 0 Å². The molecule has 1 aliphatic rings. The minimum Gasteiger partial charge on any atom is -0.469 e. The third kappa shape index (κ3) is 2.86. The van der Waals surface area contributed by atoms with E-state index in [1.165, 1.54) is 13.2 Å². The van der Waals surface area contributed by atoms with E-state index >= 15 is 0 Å². The van der Waals surface area contributed by atoms with Gasteiger partial charge in [-0.15, -0.1) is 10.2 Å². The van der Waals surface area contributed by atoms with Crippen LogP contribution in [0.5, 0.6) is 0 Å². The fourth-order valence-corrected chi connectivity index (χ4v) is 2.58. The summed E-state index contributed by atoms with van der Waals surface area (Å²) in [5.41, 5.74) is 0.185. The number of carbonyl (C=O) groups is 2. The van der Waals surface area contributed by atoms with Gasteiger partial charge in [0.1, 0.15) is 0 Å². The van der Waals surface area contributed by atoms with Gasteiger partial charge in [-0.2, -0.15) is 0 Å². The molecule has 2 unspecified atom stereocenters. The number of halogens is 2. The van der Waals surface area contributed by atoms with E-state index in [0.717, 1.165) is 0 Å². The molecule has 0 spiro atoms. The van der Waals surface area contributed by atoms with Crippen molar-refractivity contribution < 1.29 is 14.3 Å². The van der Waals surface area contributed by atoms with Crippen LogP contribution in [-0.2, 0) is 9.53 Å². The van der Waals surface area contributed by atoms with Crippen molar-refractivity contribution >= 4 is 35.1 Å². The number of ether oxygens (including phenoxy) is 1. The fourth-order valence-electron chi connectivity index (χ4n) is 2.26. The topological polar surface area (TPSA) is 72.4 Å². The fraction of sp³-hybridized carbons (Fsp3) is 0.500. The van der Waals surface area contributed by atoms with Crippen LogP contribution in [0, 0.1) is 11.8 Å². The molecule has 0 bridgehead atoms. The highest BCUT2D eigenvalue weighted by molar-refractivity contribution is 6.34. The minimum atomic E-state index is -0.326. The molecule has 2 atom stereocenters. The van der Waals surface area contributed by atoms with Crippen LogP contribution < -0.4 is 0 Å². The molecule has 1 aromatic rings. The van der Waals surface area contributed by atoms with E-state index in [4.69, 9.17) is 27.9 Å². The maximum Gasteiger partial charge on any atom is 0.310 e. The predicted octanol–water partition coefficient (Wildman–Crippen LogP) is 1.66. The average molecular weight is 318 g/mol. The lowest BCUT2D eigenvalue weighted by Crippen LogP contribution is -2.30. The van der Waals surface area contributed by atoms with E-state index in [9.17, 15) is 9.59 Å². The van der Waals surface area contributed by atoms with E-state index in [2.05, 4.69) is 10.2 Å².